The number of nitrogens with one attached hydrogen (secondary N) is 1. The zero-order valence-corrected chi connectivity index (χ0v) is 18.0. The summed E-state index contributed by atoms with van der Waals surface area (Å²) in [5.41, 5.74) is -0.889. The van der Waals surface area contributed by atoms with Crippen LogP contribution >= 0.6 is 0 Å². The molecule has 3 aromatic rings. The number of ether oxygens (including phenoxy) is 1. The van der Waals surface area contributed by atoms with Crippen LogP contribution in [0.3, 0.4) is 0 Å². The Bertz CT molecular complexity index is 1570. The molecule has 0 fully saturated rings. The van der Waals surface area contributed by atoms with Gasteiger partial charge < -0.3 is 14.7 Å². The minimum absolute atomic E-state index is 0.0152. The molecule has 16 heteroatoms. The van der Waals surface area contributed by atoms with Crippen LogP contribution in [-0.4, -0.2) is 53.6 Å². The largest absolute Gasteiger partial charge is 0.504 e. The van der Waals surface area contributed by atoms with E-state index < -0.39 is 47.4 Å². The SMILES string of the molecule is [C-]#[N+]c1[nH]c(N=Nc2c(O)c(S(=O)(=O)O)cc3cc(S(=O)(=O)O)ccc23)nc1C(=O)OCC. The lowest BCUT2D eigenvalue weighted by atomic mass is 10.1. The number of aromatic hydroxyl groups is 1. The van der Waals surface area contributed by atoms with Crippen LogP contribution in [0.25, 0.3) is 15.6 Å². The van der Waals surface area contributed by atoms with Gasteiger partial charge in [-0.25, -0.2) is 4.79 Å². The number of imidazole rings is 1. The molecule has 1 aromatic heterocycles. The van der Waals surface area contributed by atoms with Crippen molar-refractivity contribution >= 4 is 54.4 Å². The molecule has 4 N–H and O–H groups in total. The highest BCUT2D eigenvalue weighted by Crippen LogP contribution is 2.41. The molecule has 2 aromatic carbocycles. The molecule has 0 aliphatic rings. The molecule has 0 atom stereocenters. The van der Waals surface area contributed by atoms with Crippen molar-refractivity contribution in [3.8, 4) is 5.75 Å². The van der Waals surface area contributed by atoms with Crippen LogP contribution in [-0.2, 0) is 25.0 Å². The average molecular weight is 495 g/mol. The van der Waals surface area contributed by atoms with Gasteiger partial charge in [0, 0.05) is 5.39 Å². The number of phenols is 1. The van der Waals surface area contributed by atoms with Gasteiger partial charge in [0.15, 0.2) is 11.4 Å². The smallest absolute Gasteiger partial charge is 0.347 e. The molecular weight excluding hydrogens is 482 g/mol. The number of fused-ring (bicyclic) bond motifs is 1. The first-order valence-electron chi connectivity index (χ1n) is 8.67. The van der Waals surface area contributed by atoms with Crippen LogP contribution in [0.15, 0.2) is 44.3 Å². The minimum atomic E-state index is -4.99. The second-order valence-electron chi connectivity index (χ2n) is 6.19. The molecule has 0 saturated heterocycles. The van der Waals surface area contributed by atoms with Gasteiger partial charge in [0.25, 0.3) is 26.1 Å². The van der Waals surface area contributed by atoms with E-state index in [9.17, 15) is 35.8 Å². The number of carbonyl (C=O) groups excluding carboxylic acids is 1. The van der Waals surface area contributed by atoms with Crippen molar-refractivity contribution in [3.63, 3.8) is 0 Å². The lowest BCUT2D eigenvalue weighted by Gasteiger charge is -2.09. The second kappa shape index (κ2) is 8.55. The van der Waals surface area contributed by atoms with Gasteiger partial charge in [-0.1, -0.05) is 17.8 Å². The zero-order valence-electron chi connectivity index (χ0n) is 16.4. The van der Waals surface area contributed by atoms with Crippen LogP contribution in [0.5, 0.6) is 5.75 Å². The van der Waals surface area contributed by atoms with Crippen molar-refractivity contribution in [2.24, 2.45) is 10.2 Å². The molecule has 0 radical (unpaired) electrons. The van der Waals surface area contributed by atoms with Gasteiger partial charge in [-0.2, -0.15) is 21.8 Å². The van der Waals surface area contributed by atoms with Crippen LogP contribution in [0.2, 0.25) is 0 Å². The van der Waals surface area contributed by atoms with Gasteiger partial charge in [0.1, 0.15) is 10.6 Å². The Kier molecular flexibility index (Phi) is 6.16. The van der Waals surface area contributed by atoms with Crippen molar-refractivity contribution < 1.29 is 40.6 Å². The normalized spacial score (nSPS) is 12.2. The lowest BCUT2D eigenvalue weighted by molar-refractivity contribution is 0.0521. The number of aromatic amines is 1. The van der Waals surface area contributed by atoms with Gasteiger partial charge in [0.2, 0.25) is 0 Å². The molecule has 33 heavy (non-hydrogen) atoms. The fourth-order valence-corrected chi connectivity index (χ4v) is 3.84. The Morgan fingerprint density at radius 2 is 1.88 bits per heavy atom. The summed E-state index contributed by atoms with van der Waals surface area (Å²) in [6, 6.07) is 3.74. The number of H-pyrrole nitrogens is 1. The van der Waals surface area contributed by atoms with Crippen LogP contribution in [0, 0.1) is 6.57 Å². The maximum Gasteiger partial charge on any atom is 0.347 e. The van der Waals surface area contributed by atoms with Crippen molar-refractivity contribution in [3.05, 3.63) is 41.4 Å². The lowest BCUT2D eigenvalue weighted by Crippen LogP contribution is -2.04. The molecule has 0 amide bonds. The van der Waals surface area contributed by atoms with Crippen LogP contribution in [0.4, 0.5) is 17.5 Å². The molecule has 0 bridgehead atoms. The summed E-state index contributed by atoms with van der Waals surface area (Å²) in [6.07, 6.45) is 0. The third-order valence-corrected chi connectivity index (χ3v) is 5.81. The van der Waals surface area contributed by atoms with Gasteiger partial charge in [-0.15, -0.1) is 5.11 Å². The maximum atomic E-state index is 11.9. The van der Waals surface area contributed by atoms with E-state index in [0.717, 1.165) is 24.3 Å². The Balaban J connectivity index is 2.22. The number of benzene rings is 2. The topological polar surface area (TPSA) is 213 Å². The van der Waals surface area contributed by atoms with Crippen molar-refractivity contribution in [2.45, 2.75) is 16.7 Å². The maximum absolute atomic E-state index is 11.9. The summed E-state index contributed by atoms with van der Waals surface area (Å²) in [5, 5.41) is 17.6. The molecule has 3 rings (SSSR count). The number of hydrogen-bond donors (Lipinski definition) is 4. The summed E-state index contributed by atoms with van der Waals surface area (Å²) in [4.78, 5) is 19.5. The predicted octanol–water partition coefficient (Wildman–Crippen LogP) is 2.90. The number of azo groups is 1. The van der Waals surface area contributed by atoms with E-state index in [1.54, 1.807) is 6.92 Å². The van der Waals surface area contributed by atoms with Gasteiger partial charge in [0.05, 0.1) is 11.5 Å². The van der Waals surface area contributed by atoms with Crippen molar-refractivity contribution in [2.75, 3.05) is 6.61 Å². The molecule has 1 heterocycles. The first-order chi connectivity index (χ1) is 15.4. The van der Waals surface area contributed by atoms with E-state index in [4.69, 9.17) is 11.3 Å². The average Bonchev–Trinajstić information content (AvgIpc) is 3.14. The summed E-state index contributed by atoms with van der Waals surface area (Å²) >= 11 is 0. The molecule has 0 aliphatic heterocycles. The van der Waals surface area contributed by atoms with E-state index in [-0.39, 0.29) is 34.8 Å². The third kappa shape index (κ3) is 4.80. The highest BCUT2D eigenvalue weighted by atomic mass is 32.2. The Labute approximate surface area is 185 Å². The summed E-state index contributed by atoms with van der Waals surface area (Å²) in [6.45, 7) is 8.67. The number of rotatable bonds is 6. The summed E-state index contributed by atoms with van der Waals surface area (Å²) < 4.78 is 69.6. The van der Waals surface area contributed by atoms with Crippen molar-refractivity contribution in [1.82, 2.24) is 9.97 Å². The zero-order chi connectivity index (χ0) is 24.6. The number of esters is 1. The first kappa shape index (κ1) is 23.7. The van der Waals surface area contributed by atoms with Gasteiger partial charge in [-0.05, 0) is 30.5 Å². The fraction of sp³-hybridized carbons (Fsp3) is 0.118. The van der Waals surface area contributed by atoms with E-state index in [1.165, 1.54) is 0 Å². The Hall–Kier alpha value is -3.91. The summed E-state index contributed by atoms with van der Waals surface area (Å²) in [7, 11) is -9.65. The fourth-order valence-electron chi connectivity index (χ4n) is 2.71. The van der Waals surface area contributed by atoms with Gasteiger partial charge in [-0.3, -0.25) is 14.1 Å². The quantitative estimate of drug-likeness (QED) is 0.170. The van der Waals surface area contributed by atoms with E-state index in [0.29, 0.717) is 0 Å². The van der Waals surface area contributed by atoms with E-state index in [2.05, 4.69) is 25.0 Å². The molecular formula is C17H13N5O9S2. The highest BCUT2D eigenvalue weighted by Gasteiger charge is 2.24. The standard InChI is InChI=1S/C17H13N5O9S2/c1-3-31-16(24)13-15(18-2)20-17(19-13)22-21-12-10-5-4-9(32(25,26)27)6-8(10)7-11(14(12)23)33(28,29)30/h4-7,23H,3H2,1H3,(H,19,20)(H,25,26,27)(H,28,29,30). The number of aromatic nitrogens is 2. The molecule has 172 valence electrons. The Morgan fingerprint density at radius 1 is 1.18 bits per heavy atom. The molecule has 0 aliphatic carbocycles. The highest BCUT2D eigenvalue weighted by molar-refractivity contribution is 7.86. The molecule has 0 spiro atoms. The Morgan fingerprint density at radius 3 is 2.45 bits per heavy atom. The number of phenolic OH excluding ortho intramolecular Hbond substituents is 1. The third-order valence-electron chi connectivity index (χ3n) is 4.10. The second-order valence-corrected chi connectivity index (χ2v) is 9.01. The molecule has 0 saturated carbocycles. The molecule has 0 unspecified atom stereocenters. The number of hydrogen-bond acceptors (Lipinski definition) is 10. The van der Waals surface area contributed by atoms with Crippen LogP contribution in [0.1, 0.15) is 17.4 Å². The number of nitrogens with zero attached hydrogens (tertiary/aromatic N) is 4. The van der Waals surface area contributed by atoms with Gasteiger partial charge >= 0.3 is 11.9 Å². The first-order valence-corrected chi connectivity index (χ1v) is 11.6. The monoisotopic (exact) mass is 495 g/mol. The van der Waals surface area contributed by atoms with E-state index >= 15 is 0 Å². The van der Waals surface area contributed by atoms with E-state index in [1.807, 2.05) is 0 Å². The summed E-state index contributed by atoms with van der Waals surface area (Å²) in [5.74, 6) is -2.60. The van der Waals surface area contributed by atoms with Crippen molar-refractivity contribution in [1.29, 1.82) is 0 Å². The minimum Gasteiger partial charge on any atom is -0.504 e. The predicted molar refractivity (Wildman–Crippen MR) is 110 cm³/mol. The molecule has 14 nitrogen and oxygen atoms in total. The van der Waals surface area contributed by atoms with Crippen LogP contribution < -0.4 is 0 Å². The number of carbonyl (C=O) groups is 1.